The standard InChI is InChI=1S/C26H21N3O3S/c1-19-15-16-29-18-25(27-26(29)17-19)20-7-9-21(10-8-20)28-33(30,31)24-13-11-23(12-14-24)32-22-5-3-2-4-6-22/h2-18,28H,1H3. The van der Waals surface area contributed by atoms with Crippen LogP contribution in [0, 0.1) is 6.92 Å². The number of sulfonamides is 1. The van der Waals surface area contributed by atoms with E-state index in [-0.39, 0.29) is 4.90 Å². The van der Waals surface area contributed by atoms with Crippen LogP contribution in [0.15, 0.2) is 108 Å². The Morgan fingerprint density at radius 2 is 1.55 bits per heavy atom. The van der Waals surface area contributed by atoms with Crippen LogP contribution in [0.25, 0.3) is 16.9 Å². The summed E-state index contributed by atoms with van der Waals surface area (Å²) in [7, 11) is -3.73. The molecule has 0 spiro atoms. The van der Waals surface area contributed by atoms with E-state index in [0.717, 1.165) is 22.5 Å². The van der Waals surface area contributed by atoms with Gasteiger partial charge in [-0.2, -0.15) is 0 Å². The first-order valence-corrected chi connectivity index (χ1v) is 11.9. The molecule has 0 radical (unpaired) electrons. The maximum absolute atomic E-state index is 12.8. The first-order valence-electron chi connectivity index (χ1n) is 10.4. The number of hydrogen-bond acceptors (Lipinski definition) is 4. The first-order chi connectivity index (χ1) is 16.0. The average Bonchev–Trinajstić information content (AvgIpc) is 3.23. The largest absolute Gasteiger partial charge is 0.457 e. The Labute approximate surface area is 192 Å². The summed E-state index contributed by atoms with van der Waals surface area (Å²) in [5, 5.41) is 0. The van der Waals surface area contributed by atoms with Crippen LogP contribution < -0.4 is 9.46 Å². The van der Waals surface area contributed by atoms with Crippen molar-refractivity contribution in [1.82, 2.24) is 9.38 Å². The fraction of sp³-hybridized carbons (Fsp3) is 0.0385. The van der Waals surface area contributed by atoms with Crippen LogP contribution in [0.2, 0.25) is 0 Å². The predicted octanol–water partition coefficient (Wildman–Crippen LogP) is 5.90. The molecule has 164 valence electrons. The molecule has 0 fully saturated rings. The van der Waals surface area contributed by atoms with Crippen molar-refractivity contribution in [2.75, 3.05) is 4.72 Å². The molecule has 0 bridgehead atoms. The molecule has 2 heterocycles. The maximum atomic E-state index is 12.8. The van der Waals surface area contributed by atoms with Gasteiger partial charge in [-0.15, -0.1) is 0 Å². The molecule has 3 aromatic carbocycles. The number of pyridine rings is 1. The van der Waals surface area contributed by atoms with Crippen LogP contribution in [0.4, 0.5) is 5.69 Å². The lowest BCUT2D eigenvalue weighted by molar-refractivity contribution is 0.482. The molecule has 0 amide bonds. The summed E-state index contributed by atoms with van der Waals surface area (Å²) >= 11 is 0. The molecule has 5 rings (SSSR count). The van der Waals surface area contributed by atoms with E-state index >= 15 is 0 Å². The number of rotatable bonds is 6. The van der Waals surface area contributed by atoms with Gasteiger partial charge >= 0.3 is 0 Å². The van der Waals surface area contributed by atoms with E-state index in [9.17, 15) is 8.42 Å². The third-order valence-electron chi connectivity index (χ3n) is 5.16. The lowest BCUT2D eigenvalue weighted by Gasteiger charge is -2.10. The SMILES string of the molecule is Cc1ccn2cc(-c3ccc(NS(=O)(=O)c4ccc(Oc5ccccc5)cc4)cc3)nc2c1. The Kier molecular flexibility index (Phi) is 5.32. The highest BCUT2D eigenvalue weighted by Gasteiger charge is 2.15. The van der Waals surface area contributed by atoms with E-state index in [1.54, 1.807) is 24.3 Å². The molecule has 1 N–H and O–H groups in total. The van der Waals surface area contributed by atoms with Crippen molar-refractivity contribution in [3.05, 3.63) is 109 Å². The second-order valence-corrected chi connectivity index (χ2v) is 9.35. The lowest BCUT2D eigenvalue weighted by Crippen LogP contribution is -2.12. The smallest absolute Gasteiger partial charge is 0.261 e. The number of para-hydroxylation sites is 1. The highest BCUT2D eigenvalue weighted by molar-refractivity contribution is 7.92. The third kappa shape index (κ3) is 4.58. The van der Waals surface area contributed by atoms with Crippen molar-refractivity contribution >= 4 is 21.4 Å². The number of hydrogen-bond donors (Lipinski definition) is 1. The quantitative estimate of drug-likeness (QED) is 0.346. The van der Waals surface area contributed by atoms with E-state index < -0.39 is 10.0 Å². The summed E-state index contributed by atoms with van der Waals surface area (Å²) in [6.07, 6.45) is 3.92. The molecule has 0 aliphatic heterocycles. The number of ether oxygens (including phenoxy) is 1. The van der Waals surface area contributed by atoms with Crippen molar-refractivity contribution in [3.63, 3.8) is 0 Å². The number of imidazole rings is 1. The molecule has 0 saturated carbocycles. The molecule has 5 aromatic rings. The Morgan fingerprint density at radius 1 is 0.848 bits per heavy atom. The van der Waals surface area contributed by atoms with Crippen LogP contribution in [0.3, 0.4) is 0 Å². The normalized spacial score (nSPS) is 11.4. The summed E-state index contributed by atoms with van der Waals surface area (Å²) in [6, 6.07) is 26.8. The van der Waals surface area contributed by atoms with Gasteiger partial charge in [-0.05, 0) is 73.2 Å². The van der Waals surface area contributed by atoms with Crippen LogP contribution in [0.1, 0.15) is 5.56 Å². The van der Waals surface area contributed by atoms with Gasteiger partial charge in [-0.3, -0.25) is 4.72 Å². The topological polar surface area (TPSA) is 72.7 Å². The molecule has 7 heteroatoms. The number of aromatic nitrogens is 2. The van der Waals surface area contributed by atoms with Gasteiger partial charge < -0.3 is 9.14 Å². The molecular formula is C26H21N3O3S. The molecule has 6 nitrogen and oxygen atoms in total. The Morgan fingerprint density at radius 3 is 2.27 bits per heavy atom. The van der Waals surface area contributed by atoms with E-state index in [4.69, 9.17) is 4.74 Å². The molecule has 33 heavy (non-hydrogen) atoms. The number of anilines is 1. The number of nitrogens with zero attached hydrogens (tertiary/aromatic N) is 2. The summed E-state index contributed by atoms with van der Waals surface area (Å²) in [6.45, 7) is 2.03. The van der Waals surface area contributed by atoms with Crippen LogP contribution in [-0.2, 0) is 10.0 Å². The second-order valence-electron chi connectivity index (χ2n) is 7.67. The van der Waals surface area contributed by atoms with E-state index in [2.05, 4.69) is 9.71 Å². The summed E-state index contributed by atoms with van der Waals surface area (Å²) in [4.78, 5) is 4.80. The van der Waals surface area contributed by atoms with Crippen molar-refractivity contribution in [1.29, 1.82) is 0 Å². The number of aryl methyl sites for hydroxylation is 1. The first kappa shape index (κ1) is 20.8. The molecule has 2 aromatic heterocycles. The van der Waals surface area contributed by atoms with E-state index in [1.807, 2.05) is 78.3 Å². The predicted molar refractivity (Wildman–Crippen MR) is 129 cm³/mol. The van der Waals surface area contributed by atoms with E-state index in [1.165, 1.54) is 12.1 Å². The molecule has 0 aliphatic carbocycles. The fourth-order valence-corrected chi connectivity index (χ4v) is 4.52. The van der Waals surface area contributed by atoms with Gasteiger partial charge in [0.15, 0.2) is 0 Å². The van der Waals surface area contributed by atoms with Crippen molar-refractivity contribution in [2.45, 2.75) is 11.8 Å². The van der Waals surface area contributed by atoms with Crippen molar-refractivity contribution < 1.29 is 13.2 Å². The highest BCUT2D eigenvalue weighted by Crippen LogP contribution is 2.25. The summed E-state index contributed by atoms with van der Waals surface area (Å²) < 4.78 is 35.9. The third-order valence-corrected chi connectivity index (χ3v) is 6.56. The van der Waals surface area contributed by atoms with Crippen molar-refractivity contribution in [3.8, 4) is 22.8 Å². The van der Waals surface area contributed by atoms with Gasteiger partial charge in [0.1, 0.15) is 17.1 Å². The minimum Gasteiger partial charge on any atom is -0.457 e. The zero-order chi connectivity index (χ0) is 22.8. The average molecular weight is 456 g/mol. The summed E-state index contributed by atoms with van der Waals surface area (Å²) in [5.74, 6) is 1.25. The fourth-order valence-electron chi connectivity index (χ4n) is 3.46. The number of nitrogens with one attached hydrogen (secondary N) is 1. The van der Waals surface area contributed by atoms with Crippen LogP contribution >= 0.6 is 0 Å². The van der Waals surface area contributed by atoms with Crippen molar-refractivity contribution in [2.24, 2.45) is 0 Å². The zero-order valence-electron chi connectivity index (χ0n) is 17.8. The van der Waals surface area contributed by atoms with Crippen LogP contribution in [0.5, 0.6) is 11.5 Å². The monoisotopic (exact) mass is 455 g/mol. The zero-order valence-corrected chi connectivity index (χ0v) is 18.7. The van der Waals surface area contributed by atoms with Crippen LogP contribution in [-0.4, -0.2) is 17.8 Å². The van der Waals surface area contributed by atoms with Gasteiger partial charge in [0.2, 0.25) is 0 Å². The minimum absolute atomic E-state index is 0.155. The van der Waals surface area contributed by atoms with Gasteiger partial charge in [-0.25, -0.2) is 13.4 Å². The lowest BCUT2D eigenvalue weighted by atomic mass is 10.1. The second kappa shape index (κ2) is 8.44. The maximum Gasteiger partial charge on any atom is 0.261 e. The molecular weight excluding hydrogens is 434 g/mol. The number of fused-ring (bicyclic) bond motifs is 1. The Balaban J connectivity index is 1.30. The van der Waals surface area contributed by atoms with Gasteiger partial charge in [0.25, 0.3) is 10.0 Å². The molecule has 0 saturated heterocycles. The molecule has 0 unspecified atom stereocenters. The van der Waals surface area contributed by atoms with Gasteiger partial charge in [-0.1, -0.05) is 30.3 Å². The number of benzene rings is 3. The minimum atomic E-state index is -3.73. The van der Waals surface area contributed by atoms with Gasteiger partial charge in [0, 0.05) is 23.6 Å². The Bertz CT molecular complexity index is 1510. The Hall–Kier alpha value is -4.10. The van der Waals surface area contributed by atoms with Gasteiger partial charge in [0.05, 0.1) is 10.6 Å². The molecule has 0 aliphatic rings. The van der Waals surface area contributed by atoms with E-state index in [0.29, 0.717) is 17.2 Å². The molecule has 0 atom stereocenters. The highest BCUT2D eigenvalue weighted by atomic mass is 32.2. The summed E-state index contributed by atoms with van der Waals surface area (Å²) in [5.41, 5.74) is 4.22.